The third kappa shape index (κ3) is 7.09. The molecular formula is C29H27F3N6O3S. The summed E-state index contributed by atoms with van der Waals surface area (Å²) in [6.07, 6.45) is 0.149. The number of anilines is 4. The molecule has 3 heterocycles. The number of hydrogen-bond acceptors (Lipinski definition) is 9. The van der Waals surface area contributed by atoms with Gasteiger partial charge in [-0.15, -0.1) is 24.9 Å². The summed E-state index contributed by atoms with van der Waals surface area (Å²) in [7, 11) is 0. The number of hydrogen-bond donors (Lipinski definition) is 2. The Kier molecular flexibility index (Phi) is 8.78. The average Bonchev–Trinajstić information content (AvgIpc) is 2.98. The topological polar surface area (TPSA) is 102 Å². The zero-order valence-electron chi connectivity index (χ0n) is 22.7. The van der Waals surface area contributed by atoms with E-state index in [2.05, 4.69) is 35.2 Å². The van der Waals surface area contributed by atoms with Crippen LogP contribution >= 0.6 is 11.8 Å². The van der Waals surface area contributed by atoms with Gasteiger partial charge in [-0.3, -0.25) is 4.79 Å². The smallest absolute Gasteiger partial charge is 0.406 e. The minimum absolute atomic E-state index is 0.235. The van der Waals surface area contributed by atoms with Crippen LogP contribution in [-0.2, 0) is 4.74 Å². The van der Waals surface area contributed by atoms with Crippen molar-refractivity contribution in [3.63, 3.8) is 0 Å². The van der Waals surface area contributed by atoms with Crippen LogP contribution in [0, 0.1) is 6.92 Å². The number of nitrogens with one attached hydrogen (secondary N) is 2. The summed E-state index contributed by atoms with van der Waals surface area (Å²) < 4.78 is 47.0. The number of benzene rings is 2. The van der Waals surface area contributed by atoms with Crippen molar-refractivity contribution in [1.29, 1.82) is 0 Å². The van der Waals surface area contributed by atoms with E-state index >= 15 is 0 Å². The van der Waals surface area contributed by atoms with Crippen molar-refractivity contribution in [1.82, 2.24) is 15.0 Å². The van der Waals surface area contributed by atoms with Crippen molar-refractivity contribution < 1.29 is 27.4 Å². The van der Waals surface area contributed by atoms with E-state index in [0.717, 1.165) is 34.9 Å². The molecule has 5 rings (SSSR count). The number of alkyl halides is 3. The highest BCUT2D eigenvalue weighted by atomic mass is 32.2. The Labute approximate surface area is 244 Å². The third-order valence-corrected chi connectivity index (χ3v) is 7.25. The van der Waals surface area contributed by atoms with E-state index in [0.29, 0.717) is 35.9 Å². The number of carbonyl (C=O) groups excluding carboxylic acids is 1. The zero-order chi connectivity index (χ0) is 29.7. The maximum Gasteiger partial charge on any atom is 0.573 e. The van der Waals surface area contributed by atoms with Crippen molar-refractivity contribution in [2.75, 3.05) is 48.1 Å². The lowest BCUT2D eigenvalue weighted by molar-refractivity contribution is -0.274. The molecule has 1 saturated heterocycles. The van der Waals surface area contributed by atoms with Gasteiger partial charge < -0.3 is 25.0 Å². The molecule has 1 aliphatic heterocycles. The fourth-order valence-electron chi connectivity index (χ4n) is 4.42. The first kappa shape index (κ1) is 29.1. The highest BCUT2D eigenvalue weighted by molar-refractivity contribution is 7.98. The largest absolute Gasteiger partial charge is 0.573 e. The molecule has 0 atom stereocenters. The molecule has 1 amide bonds. The molecular weight excluding hydrogens is 569 g/mol. The molecule has 0 saturated carbocycles. The van der Waals surface area contributed by atoms with Gasteiger partial charge in [0.15, 0.2) is 0 Å². The maximum atomic E-state index is 13.0. The average molecular weight is 597 g/mol. The van der Waals surface area contributed by atoms with Gasteiger partial charge in [-0.2, -0.15) is 0 Å². The predicted octanol–water partition coefficient (Wildman–Crippen LogP) is 6.30. The second-order valence-corrected chi connectivity index (χ2v) is 10.1. The van der Waals surface area contributed by atoms with Gasteiger partial charge in [-0.1, -0.05) is 6.07 Å². The molecule has 2 aromatic heterocycles. The van der Waals surface area contributed by atoms with Crippen molar-refractivity contribution >= 4 is 40.8 Å². The molecule has 0 aliphatic carbocycles. The zero-order valence-corrected chi connectivity index (χ0v) is 23.6. The number of ether oxygens (including phenoxy) is 2. The Bertz CT molecular complexity index is 1550. The Morgan fingerprint density at radius 2 is 1.79 bits per heavy atom. The molecule has 42 heavy (non-hydrogen) atoms. The van der Waals surface area contributed by atoms with Crippen LogP contribution in [0.3, 0.4) is 0 Å². The monoisotopic (exact) mass is 596 g/mol. The highest BCUT2D eigenvalue weighted by Gasteiger charge is 2.31. The van der Waals surface area contributed by atoms with Gasteiger partial charge in [0.05, 0.1) is 29.4 Å². The van der Waals surface area contributed by atoms with Crippen LogP contribution in [0.4, 0.5) is 36.3 Å². The maximum absolute atomic E-state index is 13.0. The lowest BCUT2D eigenvalue weighted by atomic mass is 10.1. The van der Waals surface area contributed by atoms with Crippen LogP contribution in [0.2, 0.25) is 0 Å². The summed E-state index contributed by atoms with van der Waals surface area (Å²) in [4.78, 5) is 29.2. The molecule has 1 aliphatic rings. The van der Waals surface area contributed by atoms with Gasteiger partial charge in [0.1, 0.15) is 11.6 Å². The Balaban J connectivity index is 1.27. The molecule has 218 valence electrons. The fraction of sp³-hybridized carbons (Fsp3) is 0.241. The molecule has 13 heteroatoms. The van der Waals surface area contributed by atoms with Crippen LogP contribution in [0.1, 0.15) is 15.9 Å². The summed E-state index contributed by atoms with van der Waals surface area (Å²) >= 11 is 1.40. The van der Waals surface area contributed by atoms with E-state index in [1.807, 2.05) is 31.4 Å². The van der Waals surface area contributed by atoms with E-state index in [1.165, 1.54) is 42.2 Å². The van der Waals surface area contributed by atoms with E-state index in [9.17, 15) is 18.0 Å². The Morgan fingerprint density at radius 3 is 2.45 bits per heavy atom. The molecule has 0 radical (unpaired) electrons. The van der Waals surface area contributed by atoms with E-state index in [4.69, 9.17) is 4.74 Å². The number of carbonyl (C=O) groups is 1. The molecule has 9 nitrogen and oxygen atoms in total. The van der Waals surface area contributed by atoms with Gasteiger partial charge in [0.25, 0.3) is 5.91 Å². The van der Waals surface area contributed by atoms with E-state index in [1.54, 1.807) is 18.3 Å². The number of rotatable bonds is 8. The van der Waals surface area contributed by atoms with Gasteiger partial charge in [-0.05, 0) is 67.3 Å². The molecule has 0 bridgehead atoms. The first-order valence-electron chi connectivity index (χ1n) is 12.9. The number of morpholine rings is 1. The molecule has 0 unspecified atom stereocenters. The number of thioether (sulfide) groups is 1. The highest BCUT2D eigenvalue weighted by Crippen LogP contribution is 2.32. The third-order valence-electron chi connectivity index (χ3n) is 6.51. The van der Waals surface area contributed by atoms with Crippen LogP contribution < -0.4 is 20.3 Å². The summed E-state index contributed by atoms with van der Waals surface area (Å²) in [6, 6.07) is 14.6. The predicted molar refractivity (Wildman–Crippen MR) is 156 cm³/mol. The van der Waals surface area contributed by atoms with E-state index in [-0.39, 0.29) is 17.6 Å². The SMILES string of the molecule is CSc1cnc(Nc2ccc(C(=O)Nc3cccc(N4CCOCC4)c3C)cn2)nc1-c1ccc(OC(F)(F)F)cc1. The van der Waals surface area contributed by atoms with Crippen LogP contribution in [0.25, 0.3) is 11.3 Å². The minimum atomic E-state index is -4.77. The molecule has 0 spiro atoms. The standard InChI is InChI=1S/C29H27F3N6O3S/c1-18-22(4-3-5-23(18)38-12-14-40-15-13-38)35-27(39)20-8-11-25(33-16-20)36-28-34-17-24(42-2)26(37-28)19-6-9-21(10-7-19)41-29(30,31)32/h3-11,16-17H,12-15H2,1-2H3,(H,35,39)(H,33,34,36,37). The van der Waals surface area contributed by atoms with E-state index < -0.39 is 6.36 Å². The first-order valence-corrected chi connectivity index (χ1v) is 14.2. The number of amides is 1. The van der Waals surface area contributed by atoms with Crippen molar-refractivity contribution in [3.8, 4) is 17.0 Å². The molecule has 1 fully saturated rings. The van der Waals surface area contributed by atoms with Crippen molar-refractivity contribution in [2.45, 2.75) is 18.2 Å². The first-order chi connectivity index (χ1) is 20.2. The summed E-state index contributed by atoms with van der Waals surface area (Å²) in [5.74, 6) is 0.0298. The Hall–Kier alpha value is -4.36. The van der Waals surface area contributed by atoms with Gasteiger partial charge in [0, 0.05) is 42.4 Å². The van der Waals surface area contributed by atoms with Crippen molar-refractivity contribution in [3.05, 3.63) is 78.1 Å². The number of pyridine rings is 1. The summed E-state index contributed by atoms with van der Waals surface area (Å²) in [5.41, 5.74) is 4.25. The number of aromatic nitrogens is 3. The van der Waals surface area contributed by atoms with Crippen LogP contribution in [0.15, 0.2) is 71.9 Å². The second kappa shape index (κ2) is 12.7. The molecule has 2 N–H and O–H groups in total. The fourth-order valence-corrected chi connectivity index (χ4v) is 4.93. The normalized spacial score (nSPS) is 13.5. The van der Waals surface area contributed by atoms with Gasteiger partial charge >= 0.3 is 6.36 Å². The van der Waals surface area contributed by atoms with Gasteiger partial charge in [0.2, 0.25) is 5.95 Å². The minimum Gasteiger partial charge on any atom is -0.406 e. The molecule has 4 aromatic rings. The molecule has 2 aromatic carbocycles. The number of nitrogens with zero attached hydrogens (tertiary/aromatic N) is 4. The number of halogens is 3. The second-order valence-electron chi connectivity index (χ2n) is 9.24. The van der Waals surface area contributed by atoms with Crippen LogP contribution in [0.5, 0.6) is 5.75 Å². The van der Waals surface area contributed by atoms with Crippen LogP contribution in [-0.4, -0.2) is 59.8 Å². The Morgan fingerprint density at radius 1 is 1.02 bits per heavy atom. The van der Waals surface area contributed by atoms with Crippen molar-refractivity contribution in [2.24, 2.45) is 0 Å². The lowest BCUT2D eigenvalue weighted by Gasteiger charge is -2.30. The summed E-state index contributed by atoms with van der Waals surface area (Å²) in [6.45, 7) is 4.91. The lowest BCUT2D eigenvalue weighted by Crippen LogP contribution is -2.36. The van der Waals surface area contributed by atoms with Gasteiger partial charge in [-0.25, -0.2) is 15.0 Å². The quantitative estimate of drug-likeness (QED) is 0.227. The summed E-state index contributed by atoms with van der Waals surface area (Å²) in [5, 5.41) is 5.99.